The molecule has 0 heterocycles. The Morgan fingerprint density at radius 2 is 0.938 bits per heavy atom. The van der Waals surface area contributed by atoms with Crippen LogP contribution in [0.3, 0.4) is 0 Å². The molecule has 1 amide bonds. The molecule has 0 aliphatic rings. The average Bonchev–Trinajstić information content (AvgIpc) is 3.26. The van der Waals surface area contributed by atoms with E-state index in [9.17, 15) is 19.4 Å². The number of carbonyl (C=O) groups excluding carboxylic acids is 1. The Bertz CT molecular complexity index is 1240. The lowest BCUT2D eigenvalue weighted by atomic mass is 10.0. The molecule has 3 atom stereocenters. The van der Waals surface area contributed by atoms with Crippen LogP contribution in [0.5, 0.6) is 0 Å². The number of unbranched alkanes of at least 4 members (excludes halogenated alkanes) is 26. The summed E-state index contributed by atoms with van der Waals surface area (Å²) in [6.07, 6.45) is 62.6. The summed E-state index contributed by atoms with van der Waals surface area (Å²) in [6, 6.07) is -0.799. The first kappa shape index (κ1) is 63.2. The minimum Gasteiger partial charge on any atom is -0.756 e. The molecule has 0 rings (SSSR count). The lowest BCUT2D eigenvalue weighted by Gasteiger charge is -2.30. The fraction of sp³-hybridized carbons (Fsp3) is 0.804. The van der Waals surface area contributed by atoms with E-state index in [1.807, 2.05) is 21.1 Å². The summed E-state index contributed by atoms with van der Waals surface area (Å²) in [5.74, 6) is -0.166. The van der Waals surface area contributed by atoms with Crippen molar-refractivity contribution >= 4 is 13.7 Å². The maximum atomic E-state index is 12.9. The van der Waals surface area contributed by atoms with Gasteiger partial charge >= 0.3 is 0 Å². The number of rotatable bonds is 49. The van der Waals surface area contributed by atoms with E-state index < -0.39 is 20.0 Å². The monoisotopic (exact) mass is 933 g/mol. The van der Waals surface area contributed by atoms with Crippen LogP contribution >= 0.6 is 7.82 Å². The number of nitrogens with one attached hydrogen (secondary N) is 1. The van der Waals surface area contributed by atoms with Crippen LogP contribution in [0.25, 0.3) is 0 Å². The molecule has 0 aromatic heterocycles. The Kier molecular flexibility index (Phi) is 46.0. The van der Waals surface area contributed by atoms with Gasteiger partial charge in [-0.1, -0.05) is 235 Å². The van der Waals surface area contributed by atoms with Crippen LogP contribution in [0.2, 0.25) is 0 Å². The highest BCUT2D eigenvalue weighted by Gasteiger charge is 2.24. The molecule has 0 aromatic carbocycles. The van der Waals surface area contributed by atoms with Crippen molar-refractivity contribution in [1.29, 1.82) is 0 Å². The van der Waals surface area contributed by atoms with E-state index in [4.69, 9.17) is 9.05 Å². The van der Waals surface area contributed by atoms with Crippen molar-refractivity contribution in [1.82, 2.24) is 5.32 Å². The predicted molar refractivity (Wildman–Crippen MR) is 279 cm³/mol. The normalized spacial score (nSPS) is 14.5. The summed E-state index contributed by atoms with van der Waals surface area (Å²) < 4.78 is 23.3. The summed E-state index contributed by atoms with van der Waals surface area (Å²) in [4.78, 5) is 25.4. The van der Waals surface area contributed by atoms with Gasteiger partial charge in [-0.3, -0.25) is 9.36 Å². The van der Waals surface area contributed by atoms with E-state index in [2.05, 4.69) is 79.9 Å². The van der Waals surface area contributed by atoms with Crippen molar-refractivity contribution in [2.75, 3.05) is 40.9 Å². The topological polar surface area (TPSA) is 108 Å². The van der Waals surface area contributed by atoms with Gasteiger partial charge in [0.1, 0.15) is 13.2 Å². The molecule has 0 bridgehead atoms. The smallest absolute Gasteiger partial charge is 0.268 e. The van der Waals surface area contributed by atoms with Gasteiger partial charge in [0, 0.05) is 6.42 Å². The molecule has 0 fully saturated rings. The van der Waals surface area contributed by atoms with Crippen LogP contribution < -0.4 is 10.2 Å². The van der Waals surface area contributed by atoms with Crippen LogP contribution in [-0.4, -0.2) is 68.5 Å². The van der Waals surface area contributed by atoms with Gasteiger partial charge in [0.05, 0.1) is 39.9 Å². The molecular formula is C56H105N2O6P. The maximum Gasteiger partial charge on any atom is 0.268 e. The first-order valence-corrected chi connectivity index (χ1v) is 28.6. The molecule has 3 unspecified atom stereocenters. The molecule has 0 saturated carbocycles. The summed E-state index contributed by atoms with van der Waals surface area (Å²) in [5.41, 5.74) is 0. The molecule has 2 N–H and O–H groups in total. The molecule has 0 spiro atoms. The number of phosphoric acid groups is 1. The van der Waals surface area contributed by atoms with Crippen molar-refractivity contribution in [2.24, 2.45) is 0 Å². The van der Waals surface area contributed by atoms with E-state index >= 15 is 0 Å². The van der Waals surface area contributed by atoms with Gasteiger partial charge in [0.25, 0.3) is 7.82 Å². The number of likely N-dealkylation sites (N-methyl/N-ethyl adjacent to an activating group) is 1. The third-order valence-corrected chi connectivity index (χ3v) is 13.0. The molecule has 9 heteroatoms. The van der Waals surface area contributed by atoms with Gasteiger partial charge in [-0.15, -0.1) is 0 Å². The van der Waals surface area contributed by atoms with Crippen LogP contribution in [0, 0.1) is 0 Å². The summed E-state index contributed by atoms with van der Waals surface area (Å²) in [5, 5.41) is 13.9. The Morgan fingerprint density at radius 3 is 1.37 bits per heavy atom. The Labute approximate surface area is 402 Å². The van der Waals surface area contributed by atoms with Crippen molar-refractivity contribution in [2.45, 2.75) is 251 Å². The number of carbonyl (C=O) groups is 1. The number of quaternary nitrogens is 1. The minimum atomic E-state index is -4.56. The minimum absolute atomic E-state index is 0.0117. The highest BCUT2D eigenvalue weighted by molar-refractivity contribution is 7.45. The quantitative estimate of drug-likeness (QED) is 0.0272. The van der Waals surface area contributed by atoms with Crippen molar-refractivity contribution < 1.29 is 32.9 Å². The number of hydrogen-bond acceptors (Lipinski definition) is 6. The van der Waals surface area contributed by atoms with Crippen molar-refractivity contribution in [3.8, 4) is 0 Å². The third kappa shape index (κ3) is 49.9. The Balaban J connectivity index is 3.97. The van der Waals surface area contributed by atoms with E-state index in [0.29, 0.717) is 23.9 Å². The molecule has 0 aliphatic carbocycles. The maximum absolute atomic E-state index is 12.9. The number of hydrogen-bond donors (Lipinski definition) is 2. The molecule has 0 aliphatic heterocycles. The van der Waals surface area contributed by atoms with Crippen LogP contribution in [0.15, 0.2) is 60.8 Å². The summed E-state index contributed by atoms with van der Waals surface area (Å²) in [6.45, 7) is 4.59. The predicted octanol–water partition coefficient (Wildman–Crippen LogP) is 15.5. The van der Waals surface area contributed by atoms with Crippen molar-refractivity contribution in [3.63, 3.8) is 0 Å². The molecule has 380 valence electrons. The number of phosphoric ester groups is 1. The molecular weight excluding hydrogens is 828 g/mol. The second-order valence-corrected chi connectivity index (χ2v) is 21.0. The second-order valence-electron chi connectivity index (χ2n) is 19.6. The highest BCUT2D eigenvalue weighted by atomic mass is 31.2. The first-order valence-electron chi connectivity index (χ1n) is 27.1. The molecule has 8 nitrogen and oxygen atoms in total. The van der Waals surface area contributed by atoms with Crippen LogP contribution in [-0.2, 0) is 18.4 Å². The van der Waals surface area contributed by atoms with E-state index in [-0.39, 0.29) is 19.1 Å². The summed E-state index contributed by atoms with van der Waals surface area (Å²) >= 11 is 0. The fourth-order valence-electron chi connectivity index (χ4n) is 7.77. The molecule has 0 aromatic rings. The average molecular weight is 933 g/mol. The number of aliphatic hydroxyl groups excluding tert-OH is 1. The SMILES string of the molecule is CC/C=C\C/C=C\C/C=C\C/C=C\C/C=C\CCCCCCCCCCCCCCCCCCCC(=O)NC(COP(=O)([O-])OCC[N+](C)(C)C)C(O)CCCCCCCCCCCC. The Morgan fingerprint density at radius 1 is 0.554 bits per heavy atom. The fourth-order valence-corrected chi connectivity index (χ4v) is 8.50. The Hall–Kier alpha value is -1.80. The van der Waals surface area contributed by atoms with Crippen molar-refractivity contribution in [3.05, 3.63) is 60.8 Å². The van der Waals surface area contributed by atoms with Gasteiger partial charge in [-0.25, -0.2) is 0 Å². The van der Waals surface area contributed by atoms with E-state index in [0.717, 1.165) is 70.6 Å². The lowest BCUT2D eigenvalue weighted by molar-refractivity contribution is -0.870. The largest absolute Gasteiger partial charge is 0.756 e. The summed E-state index contributed by atoms with van der Waals surface area (Å²) in [7, 11) is 1.30. The standard InChI is InChI=1S/C56H105N2O6P/c1-6-8-10-12-14-16-18-19-20-21-22-23-24-25-26-27-28-29-30-31-32-33-34-35-36-37-38-39-40-42-44-46-48-50-56(60)57-54(53-64-65(61,62)63-52-51-58(3,4)5)55(59)49-47-45-43-41-17-15-13-11-9-7-2/h8,10,14,16,19-20,22-23,25-26,54-55,59H,6-7,9,11-13,15,17-18,21,24,27-53H2,1-5H3,(H-,57,60,61,62)/b10-8-,16-14-,20-19-,23-22-,26-25-. The van der Waals surface area contributed by atoms with Gasteiger partial charge in [0.2, 0.25) is 5.91 Å². The van der Waals surface area contributed by atoms with E-state index in [1.165, 1.54) is 141 Å². The molecule has 0 saturated heterocycles. The van der Waals surface area contributed by atoms with Gasteiger partial charge < -0.3 is 28.8 Å². The molecule has 65 heavy (non-hydrogen) atoms. The third-order valence-electron chi connectivity index (χ3n) is 12.0. The van der Waals surface area contributed by atoms with Crippen LogP contribution in [0.1, 0.15) is 239 Å². The zero-order valence-corrected chi connectivity index (χ0v) is 44.1. The second kappa shape index (κ2) is 47.3. The number of aliphatic hydroxyl groups is 1. The number of nitrogens with zero attached hydrogens (tertiary/aromatic N) is 1. The molecule has 0 radical (unpaired) electrons. The first-order chi connectivity index (χ1) is 31.5. The van der Waals surface area contributed by atoms with E-state index in [1.54, 1.807) is 0 Å². The number of amides is 1. The lowest BCUT2D eigenvalue weighted by Crippen LogP contribution is -2.46. The van der Waals surface area contributed by atoms with Gasteiger partial charge in [-0.2, -0.15) is 0 Å². The zero-order valence-electron chi connectivity index (χ0n) is 43.2. The van der Waals surface area contributed by atoms with Crippen LogP contribution in [0.4, 0.5) is 0 Å². The zero-order chi connectivity index (χ0) is 47.8. The highest BCUT2D eigenvalue weighted by Crippen LogP contribution is 2.38. The van der Waals surface area contributed by atoms with Gasteiger partial charge in [-0.05, 0) is 57.8 Å². The number of allylic oxidation sites excluding steroid dienone is 10. The van der Waals surface area contributed by atoms with Gasteiger partial charge in [0.15, 0.2) is 0 Å².